The molecule has 0 heterocycles. The van der Waals surface area contributed by atoms with Gasteiger partial charge in [-0.2, -0.15) is 0 Å². The van der Waals surface area contributed by atoms with Crippen molar-refractivity contribution in [3.05, 3.63) is 58.1 Å². The van der Waals surface area contributed by atoms with Crippen LogP contribution in [0.4, 0.5) is 5.69 Å². The molecular weight excluding hydrogens is 483 g/mol. The van der Waals surface area contributed by atoms with Gasteiger partial charge in [-0.25, -0.2) is 16.8 Å². The fourth-order valence-electron chi connectivity index (χ4n) is 2.93. The maximum atomic E-state index is 12.3. The molecule has 0 bridgehead atoms. The van der Waals surface area contributed by atoms with Gasteiger partial charge in [-0.1, -0.05) is 35.3 Å². The van der Waals surface area contributed by atoms with Crippen LogP contribution < -0.4 is 9.62 Å². The van der Waals surface area contributed by atoms with E-state index in [4.69, 9.17) is 23.2 Å². The molecule has 2 rings (SSSR count). The molecule has 0 saturated heterocycles. The highest BCUT2D eigenvalue weighted by molar-refractivity contribution is 7.92. The van der Waals surface area contributed by atoms with E-state index < -0.39 is 19.9 Å². The fraction of sp³-hybridized carbons (Fsp3) is 0.350. The van der Waals surface area contributed by atoms with Gasteiger partial charge in [-0.05, 0) is 49.2 Å². The Hall–Kier alpha value is -1.81. The lowest BCUT2D eigenvalue weighted by Crippen LogP contribution is -2.32. The van der Waals surface area contributed by atoms with Crippen LogP contribution in [0.3, 0.4) is 0 Å². The van der Waals surface area contributed by atoms with Gasteiger partial charge in [0.05, 0.1) is 27.9 Å². The number of benzene rings is 2. The molecule has 0 aromatic heterocycles. The molecule has 0 fully saturated rings. The molecule has 0 spiro atoms. The van der Waals surface area contributed by atoms with Gasteiger partial charge >= 0.3 is 0 Å². The van der Waals surface area contributed by atoms with E-state index >= 15 is 0 Å². The Morgan fingerprint density at radius 1 is 1.03 bits per heavy atom. The first kappa shape index (κ1) is 25.5. The van der Waals surface area contributed by atoms with E-state index in [9.17, 15) is 21.6 Å². The molecule has 1 atom stereocenters. The van der Waals surface area contributed by atoms with Crippen molar-refractivity contribution >= 4 is 54.7 Å². The van der Waals surface area contributed by atoms with Crippen molar-refractivity contribution < 1.29 is 21.6 Å². The van der Waals surface area contributed by atoms with Crippen LogP contribution in [0.1, 0.15) is 31.4 Å². The van der Waals surface area contributed by atoms with Crippen molar-refractivity contribution in [2.24, 2.45) is 0 Å². The van der Waals surface area contributed by atoms with Crippen LogP contribution in [-0.2, 0) is 24.7 Å². The number of nitrogens with zero attached hydrogens (tertiary/aromatic N) is 1. The summed E-state index contributed by atoms with van der Waals surface area (Å²) in [5, 5.41) is 3.41. The summed E-state index contributed by atoms with van der Waals surface area (Å²) in [5.41, 5.74) is 1.01. The third kappa shape index (κ3) is 7.38. The van der Waals surface area contributed by atoms with Crippen LogP contribution in [0.2, 0.25) is 10.0 Å². The number of anilines is 1. The van der Waals surface area contributed by atoms with E-state index in [1.54, 1.807) is 25.1 Å². The number of hydrogen-bond donors (Lipinski definition) is 1. The second kappa shape index (κ2) is 10.2. The Balaban J connectivity index is 1.98. The molecule has 31 heavy (non-hydrogen) atoms. The van der Waals surface area contributed by atoms with Gasteiger partial charge in [-0.3, -0.25) is 9.10 Å². The monoisotopic (exact) mass is 506 g/mol. The molecular formula is C20H24Cl2N2O5S2. The summed E-state index contributed by atoms with van der Waals surface area (Å²) in [4.78, 5) is 12.5. The Morgan fingerprint density at radius 2 is 1.65 bits per heavy atom. The van der Waals surface area contributed by atoms with Gasteiger partial charge in [0.15, 0.2) is 9.84 Å². The average Bonchev–Trinajstić information content (AvgIpc) is 2.66. The number of sulfonamides is 1. The molecule has 1 N–H and O–H groups in total. The van der Waals surface area contributed by atoms with Crippen LogP contribution in [0.15, 0.2) is 47.4 Å². The van der Waals surface area contributed by atoms with Crippen molar-refractivity contribution in [2.45, 2.75) is 30.7 Å². The average molecular weight is 507 g/mol. The summed E-state index contributed by atoms with van der Waals surface area (Å²) in [6.07, 6.45) is 2.55. The summed E-state index contributed by atoms with van der Waals surface area (Å²) >= 11 is 12.1. The molecule has 1 amide bonds. The van der Waals surface area contributed by atoms with Crippen molar-refractivity contribution in [2.75, 3.05) is 23.4 Å². The lowest BCUT2D eigenvalue weighted by Gasteiger charge is -2.23. The topological polar surface area (TPSA) is 101 Å². The molecule has 1 unspecified atom stereocenters. The molecule has 2 aromatic rings. The minimum atomic E-state index is -3.63. The number of sulfone groups is 1. The first-order valence-electron chi connectivity index (χ1n) is 9.31. The number of carbonyl (C=O) groups is 1. The normalized spacial score (nSPS) is 12.9. The number of rotatable bonds is 9. The minimum absolute atomic E-state index is 0.0593. The molecule has 11 heteroatoms. The van der Waals surface area contributed by atoms with E-state index in [0.29, 0.717) is 5.02 Å². The molecule has 7 nitrogen and oxygen atoms in total. The van der Waals surface area contributed by atoms with Gasteiger partial charge in [0.1, 0.15) is 0 Å². The van der Waals surface area contributed by atoms with E-state index in [1.807, 2.05) is 0 Å². The summed E-state index contributed by atoms with van der Waals surface area (Å²) < 4.78 is 48.6. The zero-order valence-corrected chi connectivity index (χ0v) is 20.4. The Morgan fingerprint density at radius 3 is 2.19 bits per heavy atom. The Kier molecular flexibility index (Phi) is 8.38. The lowest BCUT2D eigenvalue weighted by atomic mass is 10.1. The van der Waals surface area contributed by atoms with Crippen LogP contribution in [0.25, 0.3) is 0 Å². The van der Waals surface area contributed by atoms with Crippen LogP contribution in [0, 0.1) is 0 Å². The molecule has 2 aromatic carbocycles. The second-order valence-electron chi connectivity index (χ2n) is 7.16. The molecule has 0 aliphatic rings. The van der Waals surface area contributed by atoms with Crippen molar-refractivity contribution in [3.8, 4) is 0 Å². The Bertz CT molecular complexity index is 1150. The molecule has 170 valence electrons. The summed E-state index contributed by atoms with van der Waals surface area (Å²) in [5.74, 6) is -0.259. The predicted octanol–water partition coefficient (Wildman–Crippen LogP) is 3.82. The number of hydrogen-bond acceptors (Lipinski definition) is 5. The SMILES string of the molecule is CC(NC(=O)CCCN(c1cc(Cl)ccc1Cl)S(C)(=O)=O)c1ccc(S(C)(=O)=O)cc1. The molecule has 0 aliphatic heterocycles. The smallest absolute Gasteiger partial charge is 0.232 e. The van der Waals surface area contributed by atoms with Gasteiger partial charge < -0.3 is 5.32 Å². The van der Waals surface area contributed by atoms with E-state index in [-0.39, 0.29) is 46.9 Å². The van der Waals surface area contributed by atoms with Crippen LogP contribution in [0.5, 0.6) is 0 Å². The first-order chi connectivity index (χ1) is 14.3. The quantitative estimate of drug-likeness (QED) is 0.556. The third-order valence-electron chi connectivity index (χ3n) is 4.53. The molecule has 0 saturated carbocycles. The van der Waals surface area contributed by atoms with Crippen LogP contribution >= 0.6 is 23.2 Å². The van der Waals surface area contributed by atoms with Crippen molar-refractivity contribution in [3.63, 3.8) is 0 Å². The van der Waals surface area contributed by atoms with Crippen molar-refractivity contribution in [1.82, 2.24) is 5.32 Å². The zero-order valence-electron chi connectivity index (χ0n) is 17.3. The Labute approximate surface area is 193 Å². The second-order valence-corrected chi connectivity index (χ2v) is 11.9. The largest absolute Gasteiger partial charge is 0.350 e. The highest BCUT2D eigenvalue weighted by Crippen LogP contribution is 2.31. The van der Waals surface area contributed by atoms with Crippen LogP contribution in [-0.4, -0.2) is 41.8 Å². The van der Waals surface area contributed by atoms with E-state index in [1.165, 1.54) is 24.3 Å². The number of halogens is 2. The standard InChI is InChI=1S/C20H24Cl2N2O5S2/c1-14(15-6-9-17(10-7-15)30(2,26)27)23-20(25)5-4-12-24(31(3,28)29)19-13-16(21)8-11-18(19)22/h6-11,13-14H,4-5,12H2,1-3H3,(H,23,25). The first-order valence-corrected chi connectivity index (χ1v) is 13.8. The summed E-state index contributed by atoms with van der Waals surface area (Å²) in [7, 11) is -6.92. The highest BCUT2D eigenvalue weighted by Gasteiger charge is 2.21. The van der Waals surface area contributed by atoms with E-state index in [2.05, 4.69) is 5.32 Å². The van der Waals surface area contributed by atoms with Gasteiger partial charge in [-0.15, -0.1) is 0 Å². The predicted molar refractivity (Wildman–Crippen MR) is 124 cm³/mol. The number of carbonyl (C=O) groups excluding carboxylic acids is 1. The fourth-order valence-corrected chi connectivity index (χ4v) is 4.96. The zero-order chi connectivity index (χ0) is 23.4. The third-order valence-corrected chi connectivity index (χ3v) is 7.39. The van der Waals surface area contributed by atoms with Gasteiger partial charge in [0, 0.05) is 24.2 Å². The van der Waals surface area contributed by atoms with Crippen molar-refractivity contribution in [1.29, 1.82) is 0 Å². The lowest BCUT2D eigenvalue weighted by molar-refractivity contribution is -0.121. The van der Waals surface area contributed by atoms with E-state index in [0.717, 1.165) is 22.4 Å². The highest BCUT2D eigenvalue weighted by atomic mass is 35.5. The van der Waals surface area contributed by atoms with Gasteiger partial charge in [0.25, 0.3) is 0 Å². The maximum absolute atomic E-state index is 12.3. The number of nitrogens with one attached hydrogen (secondary N) is 1. The summed E-state index contributed by atoms with van der Waals surface area (Å²) in [6.45, 7) is 1.84. The molecule has 0 aliphatic carbocycles. The summed E-state index contributed by atoms with van der Waals surface area (Å²) in [6, 6.07) is 10.5. The minimum Gasteiger partial charge on any atom is -0.350 e. The number of amides is 1. The maximum Gasteiger partial charge on any atom is 0.232 e. The van der Waals surface area contributed by atoms with Gasteiger partial charge in [0.2, 0.25) is 15.9 Å². The molecule has 0 radical (unpaired) electrons.